The molecule has 0 aliphatic heterocycles. The predicted molar refractivity (Wildman–Crippen MR) is 105 cm³/mol. The number of unbranched alkanes of at least 4 members (excludes halogenated alkanes) is 1. The molecule has 144 valence electrons. The molecule has 0 bridgehead atoms. The molecular formula is C20H26N4O3. The zero-order chi connectivity index (χ0) is 19.8. The third kappa shape index (κ3) is 5.77. The summed E-state index contributed by atoms with van der Waals surface area (Å²) in [7, 11) is 0. The minimum Gasteiger partial charge on any atom is -0.352 e. The molecule has 2 rings (SSSR count). The Kier molecular flexibility index (Phi) is 7.28. The highest BCUT2D eigenvalue weighted by Crippen LogP contribution is 2.16. The zero-order valence-electron chi connectivity index (χ0n) is 16.0. The fourth-order valence-corrected chi connectivity index (χ4v) is 2.41. The number of anilines is 1. The molecule has 0 aliphatic rings. The first-order chi connectivity index (χ1) is 12.9. The van der Waals surface area contributed by atoms with Crippen molar-refractivity contribution in [1.29, 1.82) is 0 Å². The second kappa shape index (κ2) is 9.66. The zero-order valence-corrected chi connectivity index (χ0v) is 16.0. The molecule has 0 atom stereocenters. The number of amides is 2. The monoisotopic (exact) mass is 370 g/mol. The highest BCUT2D eigenvalue weighted by atomic mass is 16.2. The molecule has 2 N–H and O–H groups in total. The van der Waals surface area contributed by atoms with Crippen molar-refractivity contribution in [3.63, 3.8) is 0 Å². The van der Waals surface area contributed by atoms with Gasteiger partial charge in [0.1, 0.15) is 5.69 Å². The van der Waals surface area contributed by atoms with Crippen molar-refractivity contribution in [1.82, 2.24) is 15.1 Å². The van der Waals surface area contributed by atoms with Crippen LogP contribution in [-0.4, -0.2) is 28.1 Å². The lowest BCUT2D eigenvalue weighted by Crippen LogP contribution is -2.29. The molecule has 0 fully saturated rings. The Hall–Kier alpha value is -2.96. The van der Waals surface area contributed by atoms with Crippen LogP contribution >= 0.6 is 0 Å². The topological polar surface area (TPSA) is 93.1 Å². The molecule has 1 aromatic heterocycles. The Labute approximate surface area is 158 Å². The quantitative estimate of drug-likeness (QED) is 0.747. The van der Waals surface area contributed by atoms with Crippen molar-refractivity contribution in [2.45, 2.75) is 40.2 Å². The van der Waals surface area contributed by atoms with Crippen LogP contribution in [0.1, 0.15) is 54.5 Å². The third-order valence-electron chi connectivity index (χ3n) is 3.91. The summed E-state index contributed by atoms with van der Waals surface area (Å²) in [4.78, 5) is 36.8. The number of hydrogen-bond acceptors (Lipinski definition) is 4. The summed E-state index contributed by atoms with van der Waals surface area (Å²) in [6, 6.07) is 9.52. The van der Waals surface area contributed by atoms with E-state index < -0.39 is 5.91 Å². The maximum absolute atomic E-state index is 12.6. The second-order valence-corrected chi connectivity index (χ2v) is 6.74. The Balaban J connectivity index is 2.19. The van der Waals surface area contributed by atoms with Gasteiger partial charge in [0.2, 0.25) is 0 Å². The van der Waals surface area contributed by atoms with E-state index in [0.717, 1.165) is 12.8 Å². The molecule has 27 heavy (non-hydrogen) atoms. The van der Waals surface area contributed by atoms with Gasteiger partial charge < -0.3 is 10.6 Å². The molecule has 0 saturated carbocycles. The molecule has 1 heterocycles. The minimum absolute atomic E-state index is 0.128. The van der Waals surface area contributed by atoms with Gasteiger partial charge in [0.05, 0.1) is 11.3 Å². The second-order valence-electron chi connectivity index (χ2n) is 6.74. The van der Waals surface area contributed by atoms with Gasteiger partial charge >= 0.3 is 0 Å². The van der Waals surface area contributed by atoms with E-state index in [1.165, 1.54) is 16.8 Å². The summed E-state index contributed by atoms with van der Waals surface area (Å²) in [6.07, 6.45) is 1.72. The summed E-state index contributed by atoms with van der Waals surface area (Å²) in [5.74, 6) is -0.395. The number of nitrogens with one attached hydrogen (secondary N) is 2. The smallest absolute Gasteiger partial charge is 0.276 e. The van der Waals surface area contributed by atoms with E-state index in [9.17, 15) is 14.4 Å². The van der Waals surface area contributed by atoms with Crippen molar-refractivity contribution >= 4 is 17.5 Å². The van der Waals surface area contributed by atoms with Gasteiger partial charge in [-0.15, -0.1) is 0 Å². The van der Waals surface area contributed by atoms with Crippen LogP contribution in [0.4, 0.5) is 5.69 Å². The Morgan fingerprint density at radius 3 is 2.56 bits per heavy atom. The van der Waals surface area contributed by atoms with Crippen molar-refractivity contribution in [3.8, 4) is 0 Å². The Bertz CT molecular complexity index is 858. The number of benzene rings is 1. The van der Waals surface area contributed by atoms with Gasteiger partial charge in [-0.25, -0.2) is 4.68 Å². The molecule has 0 unspecified atom stereocenters. The average molecular weight is 370 g/mol. The van der Waals surface area contributed by atoms with E-state index in [1.807, 2.05) is 20.8 Å². The summed E-state index contributed by atoms with van der Waals surface area (Å²) in [6.45, 7) is 7.04. The highest BCUT2D eigenvalue weighted by Gasteiger charge is 2.15. The first kappa shape index (κ1) is 20.4. The molecule has 0 radical (unpaired) electrons. The lowest BCUT2D eigenvalue weighted by Gasteiger charge is -2.12. The van der Waals surface area contributed by atoms with Gasteiger partial charge in [0.25, 0.3) is 17.4 Å². The van der Waals surface area contributed by atoms with Crippen LogP contribution in [0.15, 0.2) is 41.2 Å². The standard InChI is InChI=1S/C20H26N4O3/c1-4-5-12-24-18(25)11-10-17(23-24)20(27)22-16-9-7-6-8-15(16)19(26)21-13-14(2)3/h6-11,14H,4-5,12-13H2,1-3H3,(H,21,26)(H,22,27). The number of carbonyl (C=O) groups excluding carboxylic acids is 2. The number of para-hydroxylation sites is 1. The van der Waals surface area contributed by atoms with E-state index in [2.05, 4.69) is 15.7 Å². The van der Waals surface area contributed by atoms with Crippen molar-refractivity contribution in [3.05, 3.63) is 58.0 Å². The van der Waals surface area contributed by atoms with Gasteiger partial charge in [-0.05, 0) is 30.5 Å². The lowest BCUT2D eigenvalue weighted by molar-refractivity contribution is 0.0950. The number of rotatable bonds is 8. The molecule has 0 spiro atoms. The van der Waals surface area contributed by atoms with E-state index in [0.29, 0.717) is 30.3 Å². The van der Waals surface area contributed by atoms with Crippen LogP contribution < -0.4 is 16.2 Å². The van der Waals surface area contributed by atoms with Crippen LogP contribution in [0.3, 0.4) is 0 Å². The summed E-state index contributed by atoms with van der Waals surface area (Å²) < 4.78 is 1.29. The van der Waals surface area contributed by atoms with Crippen LogP contribution in [0, 0.1) is 5.92 Å². The minimum atomic E-state index is -0.468. The first-order valence-electron chi connectivity index (χ1n) is 9.19. The Morgan fingerprint density at radius 1 is 1.11 bits per heavy atom. The fourth-order valence-electron chi connectivity index (χ4n) is 2.41. The number of aromatic nitrogens is 2. The van der Waals surface area contributed by atoms with Crippen LogP contribution in [-0.2, 0) is 6.54 Å². The molecular weight excluding hydrogens is 344 g/mol. The number of carbonyl (C=O) groups is 2. The summed E-state index contributed by atoms with van der Waals surface area (Å²) in [5, 5.41) is 9.69. The molecule has 7 nitrogen and oxygen atoms in total. The maximum Gasteiger partial charge on any atom is 0.276 e. The number of nitrogens with zero attached hydrogens (tertiary/aromatic N) is 2. The van der Waals surface area contributed by atoms with Gasteiger partial charge in [0, 0.05) is 19.2 Å². The van der Waals surface area contributed by atoms with Crippen molar-refractivity contribution in [2.75, 3.05) is 11.9 Å². The lowest BCUT2D eigenvalue weighted by atomic mass is 10.1. The summed E-state index contributed by atoms with van der Waals surface area (Å²) in [5.41, 5.74) is 0.666. The van der Waals surface area contributed by atoms with E-state index >= 15 is 0 Å². The average Bonchev–Trinajstić information content (AvgIpc) is 2.65. The maximum atomic E-state index is 12.6. The third-order valence-corrected chi connectivity index (χ3v) is 3.91. The summed E-state index contributed by atoms with van der Waals surface area (Å²) >= 11 is 0. The van der Waals surface area contributed by atoms with Crippen LogP contribution in [0.5, 0.6) is 0 Å². The molecule has 2 aromatic rings. The molecule has 7 heteroatoms. The van der Waals surface area contributed by atoms with Crippen LogP contribution in [0.25, 0.3) is 0 Å². The fraction of sp³-hybridized carbons (Fsp3) is 0.400. The SMILES string of the molecule is CCCCn1nc(C(=O)Nc2ccccc2C(=O)NCC(C)C)ccc1=O. The number of aryl methyl sites for hydroxylation is 1. The molecule has 0 saturated heterocycles. The van der Waals surface area contributed by atoms with Gasteiger partial charge in [-0.1, -0.05) is 39.3 Å². The molecule has 0 aliphatic carbocycles. The van der Waals surface area contributed by atoms with Gasteiger partial charge in [-0.2, -0.15) is 5.10 Å². The van der Waals surface area contributed by atoms with Crippen molar-refractivity contribution < 1.29 is 9.59 Å². The van der Waals surface area contributed by atoms with E-state index in [4.69, 9.17) is 0 Å². The van der Waals surface area contributed by atoms with Gasteiger partial charge in [0.15, 0.2) is 0 Å². The highest BCUT2D eigenvalue weighted by molar-refractivity contribution is 6.08. The Morgan fingerprint density at radius 2 is 1.85 bits per heavy atom. The van der Waals surface area contributed by atoms with E-state index in [1.54, 1.807) is 24.3 Å². The van der Waals surface area contributed by atoms with Crippen LogP contribution in [0.2, 0.25) is 0 Å². The molecule has 1 aromatic carbocycles. The normalized spacial score (nSPS) is 10.7. The molecule has 2 amide bonds. The first-order valence-corrected chi connectivity index (χ1v) is 9.19. The largest absolute Gasteiger partial charge is 0.352 e. The van der Waals surface area contributed by atoms with E-state index in [-0.39, 0.29) is 17.2 Å². The van der Waals surface area contributed by atoms with Crippen molar-refractivity contribution in [2.24, 2.45) is 5.92 Å². The predicted octanol–water partition coefficient (Wildman–Crippen LogP) is 2.68. The van der Waals surface area contributed by atoms with Gasteiger partial charge in [-0.3, -0.25) is 14.4 Å². The number of hydrogen-bond donors (Lipinski definition) is 2.